The number of nitrogens with one attached hydrogen (secondary N) is 1. The molecule has 0 aliphatic heterocycles. The average molecular weight is 320 g/mol. The van der Waals surface area contributed by atoms with E-state index in [1.54, 1.807) is 42.8 Å². The van der Waals surface area contributed by atoms with Crippen molar-refractivity contribution in [3.8, 4) is 0 Å². The van der Waals surface area contributed by atoms with Crippen molar-refractivity contribution in [2.24, 2.45) is 5.10 Å². The van der Waals surface area contributed by atoms with Gasteiger partial charge in [-0.05, 0) is 43.4 Å². The van der Waals surface area contributed by atoms with E-state index < -0.39 is 0 Å². The minimum atomic E-state index is 0.473. The molecule has 108 valence electrons. The molecule has 0 saturated heterocycles. The summed E-state index contributed by atoms with van der Waals surface area (Å²) in [6, 6.07) is 7.28. The van der Waals surface area contributed by atoms with E-state index in [0.29, 0.717) is 15.8 Å². The van der Waals surface area contributed by atoms with Gasteiger partial charge in [-0.1, -0.05) is 11.6 Å². The van der Waals surface area contributed by atoms with Crippen LogP contribution in [0.4, 0.5) is 5.69 Å². The maximum absolute atomic E-state index is 5.84. The molecule has 7 heteroatoms. The van der Waals surface area contributed by atoms with Crippen LogP contribution in [0.3, 0.4) is 0 Å². The molecule has 0 aliphatic rings. The van der Waals surface area contributed by atoms with Crippen molar-refractivity contribution in [1.29, 1.82) is 0 Å². The Morgan fingerprint density at radius 2 is 2.00 bits per heavy atom. The number of halogens is 1. The Morgan fingerprint density at radius 3 is 2.62 bits per heavy atom. The van der Waals surface area contributed by atoms with E-state index in [4.69, 9.17) is 23.8 Å². The first kappa shape index (κ1) is 15.3. The summed E-state index contributed by atoms with van der Waals surface area (Å²) >= 11 is 11.1. The number of thiocarbonyl (C=S) groups is 1. The number of anilines is 1. The van der Waals surface area contributed by atoms with Crippen LogP contribution < -0.4 is 5.32 Å². The van der Waals surface area contributed by atoms with Crippen molar-refractivity contribution >= 4 is 40.3 Å². The third-order valence-electron chi connectivity index (χ3n) is 2.62. The van der Waals surface area contributed by atoms with Gasteiger partial charge in [0.15, 0.2) is 5.11 Å². The molecule has 0 fully saturated rings. The van der Waals surface area contributed by atoms with Gasteiger partial charge >= 0.3 is 0 Å². The molecule has 2 aromatic rings. The maximum Gasteiger partial charge on any atom is 0.193 e. The summed E-state index contributed by atoms with van der Waals surface area (Å²) < 4.78 is 0. The van der Waals surface area contributed by atoms with Crippen LogP contribution in [0.5, 0.6) is 0 Å². The van der Waals surface area contributed by atoms with Crippen LogP contribution in [-0.2, 0) is 0 Å². The highest BCUT2D eigenvalue weighted by molar-refractivity contribution is 7.80. The Labute approximate surface area is 133 Å². The van der Waals surface area contributed by atoms with Gasteiger partial charge in [0.1, 0.15) is 5.69 Å². The van der Waals surface area contributed by atoms with Gasteiger partial charge in [0.2, 0.25) is 0 Å². The lowest BCUT2D eigenvalue weighted by atomic mass is 10.3. The van der Waals surface area contributed by atoms with Crippen molar-refractivity contribution in [2.45, 2.75) is 6.92 Å². The molecule has 1 heterocycles. The number of nitrogens with zero attached hydrogens (tertiary/aromatic N) is 4. The molecule has 1 N–H and O–H groups in total. The number of hydrazone groups is 1. The van der Waals surface area contributed by atoms with E-state index in [1.165, 1.54) is 0 Å². The zero-order valence-electron chi connectivity index (χ0n) is 11.6. The molecular weight excluding hydrogens is 306 g/mol. The summed E-state index contributed by atoms with van der Waals surface area (Å²) in [5.74, 6) is 0. The van der Waals surface area contributed by atoms with Crippen molar-refractivity contribution in [3.05, 3.63) is 53.6 Å². The quantitative estimate of drug-likeness (QED) is 0.535. The molecule has 0 bridgehead atoms. The number of hydrogen-bond acceptors (Lipinski definition) is 4. The topological polar surface area (TPSA) is 53.4 Å². The van der Waals surface area contributed by atoms with Gasteiger partial charge in [-0.2, -0.15) is 5.10 Å². The van der Waals surface area contributed by atoms with E-state index in [-0.39, 0.29) is 0 Å². The van der Waals surface area contributed by atoms with Gasteiger partial charge in [0.05, 0.1) is 11.9 Å². The predicted molar refractivity (Wildman–Crippen MR) is 89.7 cm³/mol. The third-order valence-corrected chi connectivity index (χ3v) is 3.24. The zero-order chi connectivity index (χ0) is 15.2. The Hall–Kier alpha value is -2.05. The van der Waals surface area contributed by atoms with Crippen molar-refractivity contribution < 1.29 is 0 Å². The molecule has 0 unspecified atom stereocenters. The minimum absolute atomic E-state index is 0.473. The highest BCUT2D eigenvalue weighted by Gasteiger charge is 2.06. The van der Waals surface area contributed by atoms with E-state index in [1.807, 2.05) is 19.1 Å². The van der Waals surface area contributed by atoms with Gasteiger partial charge in [-0.25, -0.2) is 5.01 Å². The Balaban J connectivity index is 2.04. The highest BCUT2D eigenvalue weighted by atomic mass is 35.5. The summed E-state index contributed by atoms with van der Waals surface area (Å²) in [7, 11) is 1.77. The predicted octanol–water partition coefficient (Wildman–Crippen LogP) is 3.18. The van der Waals surface area contributed by atoms with E-state index in [9.17, 15) is 0 Å². The van der Waals surface area contributed by atoms with Crippen LogP contribution in [0, 0.1) is 0 Å². The molecule has 1 aromatic carbocycles. The molecule has 0 atom stereocenters. The Kier molecular flexibility index (Phi) is 5.19. The Bertz CT molecular complexity index is 642. The number of aromatic nitrogens is 2. The SMILES string of the molecule is C/C(=N/N(C)C(=S)Nc1ccc(Cl)cc1)c1cnccn1. The van der Waals surface area contributed by atoms with Crippen LogP contribution in [0.15, 0.2) is 48.0 Å². The second-order valence-electron chi connectivity index (χ2n) is 4.24. The molecular formula is C14H14ClN5S. The lowest BCUT2D eigenvalue weighted by Gasteiger charge is -2.16. The van der Waals surface area contributed by atoms with Gasteiger partial charge in [0.25, 0.3) is 0 Å². The molecule has 0 saturated carbocycles. The van der Waals surface area contributed by atoms with Crippen LogP contribution in [0.2, 0.25) is 5.02 Å². The number of benzene rings is 1. The van der Waals surface area contributed by atoms with Crippen LogP contribution in [-0.4, -0.2) is 32.8 Å². The largest absolute Gasteiger partial charge is 0.331 e. The Morgan fingerprint density at radius 1 is 1.29 bits per heavy atom. The fraction of sp³-hybridized carbons (Fsp3) is 0.143. The van der Waals surface area contributed by atoms with E-state index >= 15 is 0 Å². The van der Waals surface area contributed by atoms with Gasteiger partial charge in [-0.3, -0.25) is 9.97 Å². The van der Waals surface area contributed by atoms with Gasteiger partial charge < -0.3 is 5.32 Å². The summed E-state index contributed by atoms with van der Waals surface area (Å²) in [5.41, 5.74) is 2.29. The monoisotopic (exact) mass is 319 g/mol. The molecule has 0 amide bonds. The molecule has 5 nitrogen and oxygen atoms in total. The maximum atomic E-state index is 5.84. The van der Waals surface area contributed by atoms with E-state index in [0.717, 1.165) is 11.4 Å². The smallest absolute Gasteiger partial charge is 0.193 e. The zero-order valence-corrected chi connectivity index (χ0v) is 13.2. The highest BCUT2D eigenvalue weighted by Crippen LogP contribution is 2.13. The summed E-state index contributed by atoms with van der Waals surface area (Å²) in [6.45, 7) is 1.85. The molecule has 0 spiro atoms. The summed E-state index contributed by atoms with van der Waals surface area (Å²) in [5, 5.41) is 10.2. The van der Waals surface area contributed by atoms with Gasteiger partial charge in [0, 0.05) is 30.2 Å². The minimum Gasteiger partial charge on any atom is -0.331 e. The first-order chi connectivity index (χ1) is 10.1. The molecule has 2 rings (SSSR count). The fourth-order valence-corrected chi connectivity index (χ4v) is 1.83. The average Bonchev–Trinajstić information content (AvgIpc) is 2.50. The lowest BCUT2D eigenvalue weighted by molar-refractivity contribution is 0.553. The second kappa shape index (κ2) is 7.10. The summed E-state index contributed by atoms with van der Waals surface area (Å²) in [4.78, 5) is 8.20. The standard InChI is InChI=1S/C14H14ClN5S/c1-10(13-9-16-7-8-17-13)19-20(2)14(21)18-12-5-3-11(15)4-6-12/h3-9H,1-2H3,(H,18,21)/b19-10-. The fourth-order valence-electron chi connectivity index (χ4n) is 1.55. The first-order valence-corrected chi connectivity index (χ1v) is 6.97. The number of rotatable bonds is 3. The molecule has 0 aliphatic carbocycles. The molecule has 1 aromatic heterocycles. The van der Waals surface area contributed by atoms with Crippen molar-refractivity contribution in [3.63, 3.8) is 0 Å². The third kappa shape index (κ3) is 4.47. The summed E-state index contributed by atoms with van der Waals surface area (Å²) in [6.07, 6.45) is 4.90. The lowest BCUT2D eigenvalue weighted by Crippen LogP contribution is -2.27. The van der Waals surface area contributed by atoms with Crippen LogP contribution in [0.1, 0.15) is 12.6 Å². The van der Waals surface area contributed by atoms with Gasteiger partial charge in [-0.15, -0.1) is 0 Å². The van der Waals surface area contributed by atoms with Crippen molar-refractivity contribution in [1.82, 2.24) is 15.0 Å². The second-order valence-corrected chi connectivity index (χ2v) is 5.06. The van der Waals surface area contributed by atoms with E-state index in [2.05, 4.69) is 20.4 Å². The van der Waals surface area contributed by atoms with Crippen LogP contribution in [0.25, 0.3) is 0 Å². The normalized spacial score (nSPS) is 11.1. The molecule has 21 heavy (non-hydrogen) atoms. The number of hydrogen-bond donors (Lipinski definition) is 1. The van der Waals surface area contributed by atoms with Crippen molar-refractivity contribution in [2.75, 3.05) is 12.4 Å². The first-order valence-electron chi connectivity index (χ1n) is 6.18. The molecule has 0 radical (unpaired) electrons. The van der Waals surface area contributed by atoms with Crippen LogP contribution >= 0.6 is 23.8 Å².